The van der Waals surface area contributed by atoms with Gasteiger partial charge in [0.05, 0.1) is 0 Å². The van der Waals surface area contributed by atoms with Crippen LogP contribution in [0.5, 0.6) is 0 Å². The Labute approximate surface area is 50.5 Å². The summed E-state index contributed by atoms with van der Waals surface area (Å²) in [6.07, 6.45) is 4.58. The smallest absolute Gasteiger partial charge is 0.00180 e. The fourth-order valence-electron chi connectivity index (χ4n) is 1.74. The Morgan fingerprint density at radius 2 is 2.38 bits per heavy atom. The number of hydrogen-bond donors (Lipinski definition) is 1. The fourth-order valence-corrected chi connectivity index (χ4v) is 1.74. The van der Waals surface area contributed by atoms with Gasteiger partial charge in [-0.1, -0.05) is 0 Å². The summed E-state index contributed by atoms with van der Waals surface area (Å²) in [5.41, 5.74) is 0.906. The van der Waals surface area contributed by atoms with Crippen LogP contribution < -0.4 is 5.32 Å². The van der Waals surface area contributed by atoms with Crippen molar-refractivity contribution in [3.8, 4) is 0 Å². The van der Waals surface area contributed by atoms with E-state index >= 15 is 0 Å². The zero-order valence-corrected chi connectivity index (χ0v) is 5.41. The van der Waals surface area contributed by atoms with Gasteiger partial charge in [0, 0.05) is 0 Å². The second-order valence-corrected chi connectivity index (χ2v) is 3.32. The van der Waals surface area contributed by atoms with Crippen molar-refractivity contribution >= 4 is 0 Å². The van der Waals surface area contributed by atoms with Crippen molar-refractivity contribution in [1.82, 2.24) is 5.32 Å². The molecular weight excluding hydrogens is 98.1 g/mol. The van der Waals surface area contributed by atoms with Crippen LogP contribution in [0, 0.1) is 11.3 Å². The maximum absolute atomic E-state index is 3.23. The van der Waals surface area contributed by atoms with E-state index in [0.717, 1.165) is 11.3 Å². The van der Waals surface area contributed by atoms with Gasteiger partial charge in [-0.2, -0.15) is 0 Å². The molecule has 0 aromatic rings. The van der Waals surface area contributed by atoms with Gasteiger partial charge in [-0.3, -0.25) is 0 Å². The largest absolute Gasteiger partial charge is 0.319 e. The zero-order valence-electron chi connectivity index (χ0n) is 5.41. The van der Waals surface area contributed by atoms with Crippen LogP contribution in [0.25, 0.3) is 0 Å². The molecule has 0 aromatic heterocycles. The summed E-state index contributed by atoms with van der Waals surface area (Å²) in [6, 6.07) is 0. The molecule has 0 bridgehead atoms. The van der Waals surface area contributed by atoms with Crippen molar-refractivity contribution in [2.24, 2.45) is 11.3 Å². The van der Waals surface area contributed by atoms with Gasteiger partial charge in [0.2, 0.25) is 0 Å². The minimum atomic E-state index is 0.906. The second-order valence-electron chi connectivity index (χ2n) is 3.32. The molecule has 0 saturated heterocycles. The van der Waals surface area contributed by atoms with E-state index in [-0.39, 0.29) is 0 Å². The Morgan fingerprint density at radius 1 is 1.62 bits per heavy atom. The normalized spacial score (nSPS) is 37.9. The van der Waals surface area contributed by atoms with E-state index in [1.807, 2.05) is 0 Å². The highest BCUT2D eigenvalue weighted by Gasteiger charge is 2.61. The number of hydrogen-bond acceptors (Lipinski definition) is 1. The minimum absolute atomic E-state index is 0.906. The lowest BCUT2D eigenvalue weighted by Gasteiger charge is -1.91. The Hall–Kier alpha value is -0.0400. The fraction of sp³-hybridized carbons (Fsp3) is 1.00. The van der Waals surface area contributed by atoms with Crippen LogP contribution >= 0.6 is 0 Å². The quantitative estimate of drug-likeness (QED) is 0.560. The monoisotopic (exact) mass is 111 g/mol. The van der Waals surface area contributed by atoms with Crippen LogP contribution in [-0.2, 0) is 0 Å². The lowest BCUT2D eigenvalue weighted by Crippen LogP contribution is -2.10. The molecule has 1 heteroatoms. The molecule has 1 N–H and O–H groups in total. The molecule has 46 valence electrons. The van der Waals surface area contributed by atoms with Crippen molar-refractivity contribution in [3.63, 3.8) is 0 Å². The van der Waals surface area contributed by atoms with Crippen molar-refractivity contribution in [1.29, 1.82) is 0 Å². The second kappa shape index (κ2) is 1.27. The maximum atomic E-state index is 3.23. The lowest BCUT2D eigenvalue weighted by atomic mass is 10.3. The van der Waals surface area contributed by atoms with Crippen LogP contribution in [0.15, 0.2) is 0 Å². The topological polar surface area (TPSA) is 12.0 Å². The molecule has 0 radical (unpaired) electrons. The molecule has 2 aliphatic rings. The molecule has 1 nitrogen and oxygen atoms in total. The van der Waals surface area contributed by atoms with Crippen molar-refractivity contribution in [2.75, 3.05) is 13.6 Å². The first-order chi connectivity index (χ1) is 3.87. The van der Waals surface area contributed by atoms with Crippen LogP contribution in [0.1, 0.15) is 19.3 Å². The van der Waals surface area contributed by atoms with Crippen LogP contribution in [0.3, 0.4) is 0 Å². The predicted molar refractivity (Wildman–Crippen MR) is 33.7 cm³/mol. The van der Waals surface area contributed by atoms with Gasteiger partial charge in [-0.05, 0) is 44.2 Å². The average Bonchev–Trinajstić information content (AvgIpc) is 2.57. The summed E-state index contributed by atoms with van der Waals surface area (Å²) in [7, 11) is 2.05. The van der Waals surface area contributed by atoms with Crippen molar-refractivity contribution in [3.05, 3.63) is 0 Å². The highest BCUT2D eigenvalue weighted by Crippen LogP contribution is 2.70. The molecular formula is C7H13N. The summed E-state index contributed by atoms with van der Waals surface area (Å²) in [4.78, 5) is 0. The molecule has 0 aliphatic heterocycles. The van der Waals surface area contributed by atoms with E-state index in [2.05, 4.69) is 12.4 Å². The Bertz CT molecular complexity index is 105. The van der Waals surface area contributed by atoms with Gasteiger partial charge in [0.1, 0.15) is 0 Å². The summed E-state index contributed by atoms with van der Waals surface area (Å²) in [6.45, 7) is 1.26. The predicted octanol–water partition coefficient (Wildman–Crippen LogP) is 1.01. The van der Waals surface area contributed by atoms with Gasteiger partial charge >= 0.3 is 0 Å². The summed E-state index contributed by atoms with van der Waals surface area (Å²) >= 11 is 0. The standard InChI is InChI=1S/C7H13N/c1-8-5-6-4-7(6)2-3-7/h6,8H,2-5H2,1H3. The molecule has 0 heterocycles. The van der Waals surface area contributed by atoms with Gasteiger partial charge in [-0.15, -0.1) is 0 Å². The Kier molecular flexibility index (Phi) is 0.762. The van der Waals surface area contributed by atoms with E-state index < -0.39 is 0 Å². The molecule has 2 saturated carbocycles. The minimum Gasteiger partial charge on any atom is -0.319 e. The van der Waals surface area contributed by atoms with Gasteiger partial charge < -0.3 is 5.32 Å². The third kappa shape index (κ3) is 0.510. The molecule has 0 amide bonds. The van der Waals surface area contributed by atoms with Crippen LogP contribution in [0.4, 0.5) is 0 Å². The SMILES string of the molecule is CNCC1CC12CC2. The lowest BCUT2D eigenvalue weighted by molar-refractivity contribution is 0.646. The Balaban J connectivity index is 1.80. The molecule has 1 unspecified atom stereocenters. The Morgan fingerprint density at radius 3 is 2.75 bits per heavy atom. The van der Waals surface area contributed by atoms with Gasteiger partial charge in [0.15, 0.2) is 0 Å². The molecule has 0 aromatic carbocycles. The summed E-state index contributed by atoms with van der Waals surface area (Å²) < 4.78 is 0. The highest BCUT2D eigenvalue weighted by atomic mass is 14.9. The third-order valence-electron chi connectivity index (χ3n) is 2.70. The first-order valence-electron chi connectivity index (χ1n) is 3.52. The number of nitrogens with one attached hydrogen (secondary N) is 1. The van der Waals surface area contributed by atoms with Crippen molar-refractivity contribution in [2.45, 2.75) is 19.3 Å². The van der Waals surface area contributed by atoms with E-state index in [9.17, 15) is 0 Å². The highest BCUT2D eigenvalue weighted by molar-refractivity contribution is 5.12. The third-order valence-corrected chi connectivity index (χ3v) is 2.70. The molecule has 2 aliphatic carbocycles. The van der Waals surface area contributed by atoms with E-state index in [4.69, 9.17) is 0 Å². The first kappa shape index (κ1) is 4.80. The van der Waals surface area contributed by atoms with E-state index in [1.54, 1.807) is 0 Å². The van der Waals surface area contributed by atoms with E-state index in [1.165, 1.54) is 25.8 Å². The molecule has 1 atom stereocenters. The molecule has 2 fully saturated rings. The van der Waals surface area contributed by atoms with Crippen LogP contribution in [-0.4, -0.2) is 13.6 Å². The first-order valence-corrected chi connectivity index (χ1v) is 3.52. The maximum Gasteiger partial charge on any atom is -0.00180 e. The van der Waals surface area contributed by atoms with Gasteiger partial charge in [0.25, 0.3) is 0 Å². The zero-order chi connectivity index (χ0) is 5.61. The molecule has 8 heavy (non-hydrogen) atoms. The van der Waals surface area contributed by atoms with Gasteiger partial charge in [-0.25, -0.2) is 0 Å². The molecule has 2 rings (SSSR count). The number of rotatable bonds is 2. The summed E-state index contributed by atoms with van der Waals surface area (Å²) in [5, 5.41) is 3.23. The average molecular weight is 111 g/mol. The summed E-state index contributed by atoms with van der Waals surface area (Å²) in [5.74, 6) is 1.06. The van der Waals surface area contributed by atoms with Crippen LogP contribution in [0.2, 0.25) is 0 Å². The molecule has 1 spiro atoms. The van der Waals surface area contributed by atoms with Crippen molar-refractivity contribution < 1.29 is 0 Å². The van der Waals surface area contributed by atoms with E-state index in [0.29, 0.717) is 0 Å².